The van der Waals surface area contributed by atoms with E-state index in [2.05, 4.69) is 35.7 Å². The van der Waals surface area contributed by atoms with Crippen molar-refractivity contribution in [3.8, 4) is 0 Å². The lowest BCUT2D eigenvalue weighted by molar-refractivity contribution is 0.902. The third kappa shape index (κ3) is 1.94. The first-order valence-electron chi connectivity index (χ1n) is 7.19. The van der Waals surface area contributed by atoms with E-state index < -0.39 is 0 Å². The van der Waals surface area contributed by atoms with Crippen LogP contribution in [0.5, 0.6) is 0 Å². The second-order valence-corrected chi connectivity index (χ2v) is 7.02. The predicted molar refractivity (Wildman–Crippen MR) is 91.5 cm³/mol. The number of benzene rings is 2. The molecule has 0 aliphatic heterocycles. The highest BCUT2D eigenvalue weighted by Crippen LogP contribution is 2.39. The molecule has 0 radical (unpaired) electrons. The molecule has 3 aromatic rings. The standard InChI is InChI=1S/C18H16ClNS/c1-10-9-21-18(16(10)19)17(20)14-8-7-12-6-5-11-3-2-4-13(14)15(11)12/h2-4,7-9,17H,5-6,20H2,1H3. The zero-order valence-electron chi connectivity index (χ0n) is 11.8. The Morgan fingerprint density at radius 2 is 1.90 bits per heavy atom. The van der Waals surface area contributed by atoms with Crippen LogP contribution < -0.4 is 5.73 Å². The van der Waals surface area contributed by atoms with Crippen molar-refractivity contribution in [3.63, 3.8) is 0 Å². The van der Waals surface area contributed by atoms with Gasteiger partial charge in [0.25, 0.3) is 0 Å². The lowest BCUT2D eigenvalue weighted by atomic mass is 9.95. The van der Waals surface area contributed by atoms with Crippen LogP contribution in [-0.4, -0.2) is 0 Å². The Morgan fingerprint density at radius 1 is 1.14 bits per heavy atom. The molecule has 3 heteroatoms. The van der Waals surface area contributed by atoms with Crippen LogP contribution in [-0.2, 0) is 12.8 Å². The van der Waals surface area contributed by atoms with Gasteiger partial charge in [0.2, 0.25) is 0 Å². The van der Waals surface area contributed by atoms with Crippen molar-refractivity contribution in [2.24, 2.45) is 5.73 Å². The van der Waals surface area contributed by atoms with Gasteiger partial charge in [0.05, 0.1) is 11.1 Å². The molecule has 4 rings (SSSR count). The molecule has 1 unspecified atom stereocenters. The second kappa shape index (κ2) is 4.84. The fourth-order valence-corrected chi connectivity index (χ4v) is 4.67. The van der Waals surface area contributed by atoms with E-state index in [0.717, 1.165) is 28.3 Å². The molecule has 1 aromatic heterocycles. The molecule has 1 atom stereocenters. The summed E-state index contributed by atoms with van der Waals surface area (Å²) in [5.41, 5.74) is 11.7. The van der Waals surface area contributed by atoms with Gasteiger partial charge in [0, 0.05) is 4.88 Å². The molecule has 1 nitrogen and oxygen atoms in total. The van der Waals surface area contributed by atoms with E-state index in [1.165, 1.54) is 27.5 Å². The van der Waals surface area contributed by atoms with Gasteiger partial charge in [-0.1, -0.05) is 41.9 Å². The topological polar surface area (TPSA) is 26.0 Å². The highest BCUT2D eigenvalue weighted by molar-refractivity contribution is 7.10. The Bertz CT molecular complexity index is 840. The maximum absolute atomic E-state index is 6.54. The number of nitrogens with two attached hydrogens (primary N) is 1. The molecule has 0 saturated heterocycles. The van der Waals surface area contributed by atoms with Crippen LogP contribution in [0.15, 0.2) is 35.7 Å². The number of rotatable bonds is 2. The first-order valence-corrected chi connectivity index (χ1v) is 8.45. The van der Waals surface area contributed by atoms with E-state index in [0.29, 0.717) is 0 Å². The summed E-state index contributed by atoms with van der Waals surface area (Å²) in [6.45, 7) is 2.03. The van der Waals surface area contributed by atoms with Crippen LogP contribution in [0, 0.1) is 6.92 Å². The average Bonchev–Trinajstić information content (AvgIpc) is 3.06. The number of hydrogen-bond donors (Lipinski definition) is 1. The van der Waals surface area contributed by atoms with Gasteiger partial charge >= 0.3 is 0 Å². The van der Waals surface area contributed by atoms with Gasteiger partial charge in [-0.15, -0.1) is 11.3 Å². The SMILES string of the molecule is Cc1csc(C(N)c2ccc3c4c(cccc24)CC3)c1Cl. The van der Waals surface area contributed by atoms with E-state index in [1.807, 2.05) is 6.92 Å². The Hall–Kier alpha value is -1.35. The first-order chi connectivity index (χ1) is 10.2. The third-order valence-corrected chi connectivity index (χ3v) is 6.25. The molecule has 0 fully saturated rings. The van der Waals surface area contributed by atoms with Crippen LogP contribution >= 0.6 is 22.9 Å². The maximum atomic E-state index is 6.54. The van der Waals surface area contributed by atoms with Gasteiger partial charge in [0.15, 0.2) is 0 Å². The van der Waals surface area contributed by atoms with Crippen LogP contribution in [0.1, 0.15) is 33.2 Å². The Balaban J connectivity index is 1.94. The monoisotopic (exact) mass is 313 g/mol. The summed E-state index contributed by atoms with van der Waals surface area (Å²) >= 11 is 8.06. The van der Waals surface area contributed by atoms with Crippen molar-refractivity contribution in [1.29, 1.82) is 0 Å². The summed E-state index contributed by atoms with van der Waals surface area (Å²) in [4.78, 5) is 1.06. The molecule has 1 aliphatic carbocycles. The van der Waals surface area contributed by atoms with E-state index >= 15 is 0 Å². The molecular formula is C18H16ClNS. The van der Waals surface area contributed by atoms with Crippen molar-refractivity contribution in [3.05, 3.63) is 67.9 Å². The van der Waals surface area contributed by atoms with Gasteiger partial charge in [-0.25, -0.2) is 0 Å². The Labute approximate surface area is 133 Å². The van der Waals surface area contributed by atoms with Crippen LogP contribution in [0.3, 0.4) is 0 Å². The van der Waals surface area contributed by atoms with Crippen molar-refractivity contribution < 1.29 is 0 Å². The van der Waals surface area contributed by atoms with Crippen molar-refractivity contribution in [1.82, 2.24) is 0 Å². The van der Waals surface area contributed by atoms with E-state index in [1.54, 1.807) is 11.3 Å². The lowest BCUT2D eigenvalue weighted by Gasteiger charge is -2.15. The minimum atomic E-state index is -0.152. The van der Waals surface area contributed by atoms with Gasteiger partial charge in [-0.05, 0) is 58.2 Å². The first kappa shape index (κ1) is 13.3. The minimum Gasteiger partial charge on any atom is -0.320 e. The van der Waals surface area contributed by atoms with Gasteiger partial charge in [-0.2, -0.15) is 0 Å². The zero-order chi connectivity index (χ0) is 14.6. The van der Waals surface area contributed by atoms with Crippen LogP contribution in [0.4, 0.5) is 0 Å². The molecule has 0 amide bonds. The summed E-state index contributed by atoms with van der Waals surface area (Å²) in [7, 11) is 0. The molecule has 1 aliphatic rings. The average molecular weight is 314 g/mol. The van der Waals surface area contributed by atoms with Gasteiger partial charge in [0.1, 0.15) is 0 Å². The molecular weight excluding hydrogens is 298 g/mol. The summed E-state index contributed by atoms with van der Waals surface area (Å²) in [6.07, 6.45) is 2.29. The molecule has 0 spiro atoms. The minimum absolute atomic E-state index is 0.152. The van der Waals surface area contributed by atoms with Crippen molar-refractivity contribution >= 4 is 33.7 Å². The fraction of sp³-hybridized carbons (Fsp3) is 0.222. The van der Waals surface area contributed by atoms with E-state index in [-0.39, 0.29) is 6.04 Å². The van der Waals surface area contributed by atoms with Gasteiger partial charge in [-0.3, -0.25) is 0 Å². The summed E-state index contributed by atoms with van der Waals surface area (Å²) < 4.78 is 0. The molecule has 2 N–H and O–H groups in total. The van der Waals surface area contributed by atoms with E-state index in [4.69, 9.17) is 17.3 Å². The van der Waals surface area contributed by atoms with Crippen LogP contribution in [0.2, 0.25) is 5.02 Å². The smallest absolute Gasteiger partial charge is 0.0667 e. The maximum Gasteiger partial charge on any atom is 0.0667 e. The van der Waals surface area contributed by atoms with Gasteiger partial charge < -0.3 is 5.73 Å². The van der Waals surface area contributed by atoms with Crippen LogP contribution in [0.25, 0.3) is 10.8 Å². The quantitative estimate of drug-likeness (QED) is 0.707. The molecule has 0 saturated carbocycles. The molecule has 106 valence electrons. The normalized spacial score (nSPS) is 14.8. The highest BCUT2D eigenvalue weighted by Gasteiger charge is 2.21. The number of thiophene rings is 1. The van der Waals surface area contributed by atoms with Crippen molar-refractivity contribution in [2.75, 3.05) is 0 Å². The molecule has 2 aromatic carbocycles. The number of aryl methyl sites for hydroxylation is 3. The highest BCUT2D eigenvalue weighted by atomic mass is 35.5. The Morgan fingerprint density at radius 3 is 2.62 bits per heavy atom. The predicted octanol–water partition coefficient (Wildman–Crippen LogP) is 5.01. The van der Waals surface area contributed by atoms with E-state index in [9.17, 15) is 0 Å². The zero-order valence-corrected chi connectivity index (χ0v) is 13.4. The Kier molecular flexibility index (Phi) is 3.07. The lowest BCUT2D eigenvalue weighted by Crippen LogP contribution is -2.11. The summed E-state index contributed by atoms with van der Waals surface area (Å²) in [5.74, 6) is 0. The number of hydrogen-bond acceptors (Lipinski definition) is 2. The third-order valence-electron chi connectivity index (χ3n) is 4.45. The summed E-state index contributed by atoms with van der Waals surface area (Å²) in [5, 5.41) is 5.60. The molecule has 21 heavy (non-hydrogen) atoms. The second-order valence-electron chi connectivity index (χ2n) is 5.73. The number of halogens is 1. The van der Waals surface area contributed by atoms with Crippen molar-refractivity contribution in [2.45, 2.75) is 25.8 Å². The largest absolute Gasteiger partial charge is 0.320 e. The molecule has 0 bridgehead atoms. The summed E-state index contributed by atoms with van der Waals surface area (Å²) in [6, 6.07) is 10.8. The molecule has 1 heterocycles. The fourth-order valence-electron chi connectivity index (χ4n) is 3.34.